The summed E-state index contributed by atoms with van der Waals surface area (Å²) in [4.78, 5) is 52.5. The number of hydrogen-bond acceptors (Lipinski definition) is 8. The number of β-amino-alcohol motifs (C(OH)–C–C–N with tert-alkyl or cyclic N) is 1. The first-order valence-corrected chi connectivity index (χ1v) is 13.5. The summed E-state index contributed by atoms with van der Waals surface area (Å²) in [5, 5.41) is 16.0. The van der Waals surface area contributed by atoms with Crippen LogP contribution in [0.3, 0.4) is 0 Å². The van der Waals surface area contributed by atoms with E-state index in [1.54, 1.807) is 26.8 Å². The van der Waals surface area contributed by atoms with Crippen LogP contribution in [-0.2, 0) is 23.9 Å². The molecule has 1 saturated heterocycles. The van der Waals surface area contributed by atoms with Gasteiger partial charge in [-0.1, -0.05) is 25.0 Å². The lowest BCUT2D eigenvalue weighted by molar-refractivity contribution is -0.143. The van der Waals surface area contributed by atoms with Gasteiger partial charge in [0.05, 0.1) is 19.3 Å². The molecule has 0 aromatic rings. The monoisotopic (exact) mass is 537 g/mol. The molecule has 2 amide bonds. The van der Waals surface area contributed by atoms with Gasteiger partial charge in [0.2, 0.25) is 5.91 Å². The van der Waals surface area contributed by atoms with Gasteiger partial charge >= 0.3 is 12.1 Å². The van der Waals surface area contributed by atoms with E-state index < -0.39 is 47.8 Å². The number of methoxy groups -OCH3 is 1. The Labute approximate surface area is 227 Å². The van der Waals surface area contributed by atoms with Gasteiger partial charge in [0, 0.05) is 25.9 Å². The topological polar surface area (TPSA) is 134 Å². The van der Waals surface area contributed by atoms with E-state index >= 15 is 0 Å². The Kier molecular flexibility index (Phi) is 14.9. The van der Waals surface area contributed by atoms with Gasteiger partial charge in [-0.15, -0.1) is 13.2 Å². The van der Waals surface area contributed by atoms with Crippen LogP contribution in [0, 0.1) is 0 Å². The van der Waals surface area contributed by atoms with Crippen LogP contribution in [0.15, 0.2) is 25.3 Å². The number of hydrogen-bond donors (Lipinski definition) is 3. The largest absolute Gasteiger partial charge is 0.468 e. The van der Waals surface area contributed by atoms with Crippen molar-refractivity contribution in [1.29, 1.82) is 0 Å². The summed E-state index contributed by atoms with van der Waals surface area (Å²) in [7, 11) is 1.31. The number of unbranched alkanes of at least 4 members (excludes halogenated alkanes) is 3. The van der Waals surface area contributed by atoms with Crippen LogP contribution in [0.2, 0.25) is 0 Å². The number of esters is 1. The number of carbonyl (C=O) groups is 4. The number of rotatable bonds is 17. The Bertz CT molecular complexity index is 809. The molecule has 3 N–H and O–H groups in total. The van der Waals surface area contributed by atoms with Gasteiger partial charge in [-0.2, -0.15) is 0 Å². The fourth-order valence-electron chi connectivity index (χ4n) is 4.35. The molecule has 216 valence electrons. The second kappa shape index (κ2) is 17.0. The van der Waals surface area contributed by atoms with Crippen molar-refractivity contribution in [2.75, 3.05) is 20.2 Å². The second-order valence-electron chi connectivity index (χ2n) is 10.6. The summed E-state index contributed by atoms with van der Waals surface area (Å²) >= 11 is 0. The third-order valence-electron chi connectivity index (χ3n) is 6.23. The van der Waals surface area contributed by atoms with E-state index in [1.165, 1.54) is 12.0 Å². The van der Waals surface area contributed by atoms with Crippen molar-refractivity contribution in [1.82, 2.24) is 15.5 Å². The molecule has 0 spiro atoms. The number of allylic oxidation sites excluding steroid dienone is 2. The zero-order chi connectivity index (χ0) is 28.7. The molecule has 0 aliphatic carbocycles. The van der Waals surface area contributed by atoms with Crippen LogP contribution in [0.4, 0.5) is 4.79 Å². The zero-order valence-corrected chi connectivity index (χ0v) is 23.5. The first-order valence-electron chi connectivity index (χ1n) is 13.5. The van der Waals surface area contributed by atoms with Crippen molar-refractivity contribution >= 4 is 23.8 Å². The second-order valence-corrected chi connectivity index (χ2v) is 10.6. The van der Waals surface area contributed by atoms with E-state index in [0.29, 0.717) is 25.7 Å². The number of nitrogens with one attached hydrogen (secondary N) is 2. The van der Waals surface area contributed by atoms with Gasteiger partial charge in [0.15, 0.2) is 5.78 Å². The van der Waals surface area contributed by atoms with Crippen molar-refractivity contribution < 1.29 is 33.8 Å². The molecule has 4 atom stereocenters. The molecular formula is C28H47N3O7. The molecule has 10 heteroatoms. The molecule has 10 nitrogen and oxygen atoms in total. The van der Waals surface area contributed by atoms with E-state index in [-0.39, 0.29) is 31.7 Å². The number of carbonyl (C=O) groups excluding carboxylic acids is 4. The lowest BCUT2D eigenvalue weighted by Crippen LogP contribution is -2.52. The number of nitrogens with zero attached hydrogens (tertiary/aromatic N) is 1. The molecule has 0 saturated carbocycles. The Hall–Kier alpha value is -2.72. The van der Waals surface area contributed by atoms with E-state index in [9.17, 15) is 24.3 Å². The first kappa shape index (κ1) is 33.3. The SMILES string of the molecule is C=CCCCCC[C@H](NC(=O)OC(C)(C)C)C(=O)N1C[C@@H](O)C[C@H]1C(=O)CCN[C@@H](CCC=C)C(=O)OC. The van der Waals surface area contributed by atoms with Gasteiger partial charge in [-0.25, -0.2) is 4.79 Å². The third kappa shape index (κ3) is 12.2. The van der Waals surface area contributed by atoms with Crippen LogP contribution < -0.4 is 10.6 Å². The summed E-state index contributed by atoms with van der Waals surface area (Å²) < 4.78 is 10.2. The highest BCUT2D eigenvalue weighted by atomic mass is 16.6. The molecule has 1 aliphatic rings. The summed E-state index contributed by atoms with van der Waals surface area (Å²) in [5.41, 5.74) is -0.731. The highest BCUT2D eigenvalue weighted by Crippen LogP contribution is 2.22. The average Bonchev–Trinajstić information content (AvgIpc) is 3.24. The fraction of sp³-hybridized carbons (Fsp3) is 0.714. The van der Waals surface area contributed by atoms with Crippen molar-refractivity contribution in [3.05, 3.63) is 25.3 Å². The number of ketones is 1. The van der Waals surface area contributed by atoms with Crippen molar-refractivity contribution in [3.63, 3.8) is 0 Å². The van der Waals surface area contributed by atoms with Gasteiger partial charge < -0.3 is 30.1 Å². The Morgan fingerprint density at radius 2 is 1.74 bits per heavy atom. The number of amides is 2. The highest BCUT2D eigenvalue weighted by Gasteiger charge is 2.41. The molecule has 0 aromatic heterocycles. The van der Waals surface area contributed by atoms with Gasteiger partial charge in [0.1, 0.15) is 17.7 Å². The van der Waals surface area contributed by atoms with E-state index in [2.05, 4.69) is 23.8 Å². The van der Waals surface area contributed by atoms with Gasteiger partial charge in [-0.05, 0) is 52.9 Å². The van der Waals surface area contributed by atoms with E-state index in [1.807, 2.05) is 6.08 Å². The number of aliphatic hydroxyl groups is 1. The summed E-state index contributed by atoms with van der Waals surface area (Å²) in [5.74, 6) is -1.06. The molecule has 1 fully saturated rings. The maximum absolute atomic E-state index is 13.5. The van der Waals surface area contributed by atoms with Crippen molar-refractivity contribution in [2.45, 2.75) is 108 Å². The molecule has 0 unspecified atom stereocenters. The Morgan fingerprint density at radius 3 is 2.34 bits per heavy atom. The van der Waals surface area contributed by atoms with E-state index in [0.717, 1.165) is 19.3 Å². The minimum atomic E-state index is -0.880. The maximum atomic E-state index is 13.5. The summed E-state index contributed by atoms with van der Waals surface area (Å²) in [6.45, 7) is 12.8. The smallest absolute Gasteiger partial charge is 0.408 e. The first-order chi connectivity index (χ1) is 17.9. The lowest BCUT2D eigenvalue weighted by Gasteiger charge is -2.29. The van der Waals surface area contributed by atoms with Crippen LogP contribution in [-0.4, -0.2) is 83.8 Å². The minimum absolute atomic E-state index is 0.00967. The number of ether oxygens (including phenoxy) is 2. The number of Topliss-reactive ketones (excluding diaryl/α,β-unsaturated/α-hetero) is 1. The summed E-state index contributed by atoms with van der Waals surface area (Å²) in [6, 6.07) is -2.26. The molecule has 38 heavy (non-hydrogen) atoms. The molecule has 0 bridgehead atoms. The number of alkyl carbamates (subject to hydrolysis) is 1. The highest BCUT2D eigenvalue weighted by molar-refractivity contribution is 5.93. The standard InChI is InChI=1S/C28H47N3O7/c1-7-9-11-12-13-15-21(30-27(36)38-28(3,4)5)25(34)31-19-20(32)18-23(31)24(33)16-17-29-22(14-10-8-2)26(35)37-6/h7-8,20-23,29,32H,1-2,9-19H2,3-6H3,(H,30,36)/t20-,21-,22-,23-/m0/s1. The zero-order valence-electron chi connectivity index (χ0n) is 23.5. The molecular weight excluding hydrogens is 490 g/mol. The predicted octanol–water partition coefficient (Wildman–Crippen LogP) is 3.03. The molecule has 0 radical (unpaired) electrons. The average molecular weight is 538 g/mol. The molecule has 0 aromatic carbocycles. The van der Waals surface area contributed by atoms with E-state index in [4.69, 9.17) is 9.47 Å². The Morgan fingerprint density at radius 1 is 1.05 bits per heavy atom. The molecule has 1 heterocycles. The normalized spacial score (nSPS) is 18.8. The Balaban J connectivity index is 2.88. The van der Waals surface area contributed by atoms with Crippen LogP contribution in [0.25, 0.3) is 0 Å². The van der Waals surface area contributed by atoms with Crippen LogP contribution in [0.1, 0.15) is 78.6 Å². The third-order valence-corrected chi connectivity index (χ3v) is 6.23. The van der Waals surface area contributed by atoms with Crippen LogP contribution >= 0.6 is 0 Å². The molecule has 1 rings (SSSR count). The van der Waals surface area contributed by atoms with Gasteiger partial charge in [0.25, 0.3) is 0 Å². The van der Waals surface area contributed by atoms with Crippen LogP contribution in [0.5, 0.6) is 0 Å². The lowest BCUT2D eigenvalue weighted by atomic mass is 10.0. The quantitative estimate of drug-likeness (QED) is 0.146. The van der Waals surface area contributed by atoms with Gasteiger partial charge in [-0.3, -0.25) is 14.4 Å². The van der Waals surface area contributed by atoms with Crippen molar-refractivity contribution in [3.8, 4) is 0 Å². The van der Waals surface area contributed by atoms with Crippen molar-refractivity contribution in [2.24, 2.45) is 0 Å². The molecule has 1 aliphatic heterocycles. The maximum Gasteiger partial charge on any atom is 0.408 e. The summed E-state index contributed by atoms with van der Waals surface area (Å²) in [6.07, 6.45) is 7.00. The predicted molar refractivity (Wildman–Crippen MR) is 145 cm³/mol. The fourth-order valence-corrected chi connectivity index (χ4v) is 4.35. The number of likely N-dealkylation sites (tertiary alicyclic amines) is 1. The number of aliphatic hydroxyl groups excluding tert-OH is 1. The minimum Gasteiger partial charge on any atom is -0.468 e.